The van der Waals surface area contributed by atoms with E-state index in [1.54, 1.807) is 87.7 Å². The summed E-state index contributed by atoms with van der Waals surface area (Å²) in [5, 5.41) is 47.6. The Morgan fingerprint density at radius 3 is 1.51 bits per heavy atom. The predicted octanol–water partition coefficient (Wildman–Crippen LogP) is -0.676. The number of unbranched alkanes of at least 4 members (excludes halogenated alkanes) is 1. The lowest BCUT2D eigenvalue weighted by molar-refractivity contribution is -0.142. The molecule has 0 radical (unpaired) electrons. The van der Waals surface area contributed by atoms with Crippen LogP contribution >= 0.6 is 0 Å². The molecule has 0 unspecified atom stereocenters. The van der Waals surface area contributed by atoms with Crippen LogP contribution in [0.15, 0.2) is 84.9 Å². The van der Waals surface area contributed by atoms with Crippen LogP contribution in [0.3, 0.4) is 0 Å². The topological polar surface area (TPSA) is 370 Å². The second kappa shape index (κ2) is 35.1. The van der Waals surface area contributed by atoms with Crippen LogP contribution in [0.5, 0.6) is 5.75 Å². The number of carboxylic acid groups (broad SMARTS) is 1. The van der Waals surface area contributed by atoms with Gasteiger partial charge in [0.2, 0.25) is 59.1 Å². The molecule has 0 bridgehead atoms. The third-order valence-corrected chi connectivity index (χ3v) is 12.3. The second-order valence-electron chi connectivity index (χ2n) is 20.0. The van der Waals surface area contributed by atoms with Gasteiger partial charge in [-0.05, 0) is 79.8 Å². The maximum Gasteiger partial charge on any atom is 0.326 e. The molecule has 442 valence electrons. The van der Waals surface area contributed by atoms with Crippen LogP contribution in [-0.2, 0) is 65.6 Å². The van der Waals surface area contributed by atoms with E-state index in [4.69, 9.17) is 4.74 Å². The fourth-order valence-corrected chi connectivity index (χ4v) is 7.99. The number of hydrogen-bond donors (Lipinski definition) is 13. The molecule has 0 saturated heterocycles. The minimum absolute atomic E-state index is 0.0331. The van der Waals surface area contributed by atoms with E-state index in [1.807, 2.05) is 32.0 Å². The average molecular weight is 1130 g/mol. The molecule has 7 atom stereocenters. The number of anilines is 1. The molecule has 3 rings (SSSR count). The Bertz CT molecular complexity index is 2570. The smallest absolute Gasteiger partial charge is 0.326 e. The monoisotopic (exact) mass is 1130 g/mol. The minimum atomic E-state index is -1.58. The highest BCUT2D eigenvalue weighted by Gasteiger charge is 2.31. The molecule has 10 amide bonds. The van der Waals surface area contributed by atoms with Crippen molar-refractivity contribution >= 4 is 70.7 Å². The molecule has 0 aliphatic rings. The summed E-state index contributed by atoms with van der Waals surface area (Å²) < 4.78 is 5.20. The highest BCUT2D eigenvalue weighted by atomic mass is 16.5. The molecule has 0 heterocycles. The van der Waals surface area contributed by atoms with E-state index in [2.05, 4.69) is 58.5 Å². The van der Waals surface area contributed by atoms with Crippen molar-refractivity contribution in [3.63, 3.8) is 0 Å². The molecule has 81 heavy (non-hydrogen) atoms. The number of aliphatic hydroxyl groups is 1. The minimum Gasteiger partial charge on any atom is -0.497 e. The molecule has 13 N–H and O–H groups in total. The van der Waals surface area contributed by atoms with Gasteiger partial charge in [0.15, 0.2) is 0 Å². The van der Waals surface area contributed by atoms with E-state index >= 15 is 0 Å². The van der Waals surface area contributed by atoms with Crippen LogP contribution in [0, 0.1) is 11.8 Å². The van der Waals surface area contributed by atoms with Gasteiger partial charge in [0, 0.05) is 32.0 Å². The first-order chi connectivity index (χ1) is 38.5. The number of aliphatic carboxylic acids is 1. The molecule has 0 aliphatic carbocycles. The highest BCUT2D eigenvalue weighted by molar-refractivity contribution is 5.97. The van der Waals surface area contributed by atoms with Crippen LogP contribution < -0.4 is 63.2 Å². The van der Waals surface area contributed by atoms with Gasteiger partial charge in [-0.1, -0.05) is 88.4 Å². The van der Waals surface area contributed by atoms with Crippen LogP contribution in [0.2, 0.25) is 0 Å². The summed E-state index contributed by atoms with van der Waals surface area (Å²) >= 11 is 0. The lowest BCUT2D eigenvalue weighted by Gasteiger charge is -2.24. The summed E-state index contributed by atoms with van der Waals surface area (Å²) in [6.07, 6.45) is 1.37. The molecule has 0 aliphatic heterocycles. The van der Waals surface area contributed by atoms with E-state index in [0.29, 0.717) is 30.7 Å². The maximum atomic E-state index is 13.7. The van der Waals surface area contributed by atoms with Gasteiger partial charge in [-0.15, -0.1) is 0 Å². The van der Waals surface area contributed by atoms with E-state index in [1.165, 1.54) is 13.8 Å². The molecule has 25 nitrogen and oxygen atoms in total. The second-order valence-corrected chi connectivity index (χ2v) is 20.0. The summed E-state index contributed by atoms with van der Waals surface area (Å²) in [4.78, 5) is 143. The van der Waals surface area contributed by atoms with Crippen LogP contribution in [0.4, 0.5) is 5.69 Å². The van der Waals surface area contributed by atoms with E-state index in [9.17, 15) is 63.0 Å². The van der Waals surface area contributed by atoms with E-state index in [0.717, 1.165) is 11.3 Å². The van der Waals surface area contributed by atoms with Crippen molar-refractivity contribution in [1.29, 1.82) is 0 Å². The number of carboxylic acids is 1. The fourth-order valence-electron chi connectivity index (χ4n) is 7.99. The van der Waals surface area contributed by atoms with Gasteiger partial charge in [0.1, 0.15) is 48.0 Å². The SMILES string of the molecule is COc1ccc(NCCCC[C@H](NC(=O)CNC(=O)[C@H](CC(C)C)NC(=O)[C@H](Cc2ccccc2)NC(C)=O)C(=O)NCC(=O)N[C@H](C(=O)NCC(=O)N[C@@H](CO)C(=O)N[C@@H](C)C(=O)N[C@@H](Cc2ccccc2)C(=O)O)C(C)C)cc1. The largest absolute Gasteiger partial charge is 0.497 e. The fraction of sp³-hybridized carbons (Fsp3) is 0.482. The zero-order valence-electron chi connectivity index (χ0n) is 46.9. The van der Waals surface area contributed by atoms with Gasteiger partial charge >= 0.3 is 5.97 Å². The van der Waals surface area contributed by atoms with Crippen molar-refractivity contribution in [1.82, 2.24) is 53.2 Å². The van der Waals surface area contributed by atoms with Crippen molar-refractivity contribution < 1.29 is 67.7 Å². The number of methoxy groups -OCH3 is 1. The summed E-state index contributed by atoms with van der Waals surface area (Å²) in [5.41, 5.74) is 2.24. The number of benzene rings is 3. The Kier molecular flexibility index (Phi) is 28.9. The molecule has 0 fully saturated rings. The average Bonchev–Trinajstić information content (AvgIpc) is 3.43. The quantitative estimate of drug-likeness (QED) is 0.0325. The third-order valence-electron chi connectivity index (χ3n) is 12.3. The summed E-state index contributed by atoms with van der Waals surface area (Å²) in [6, 6.07) is 16.1. The third kappa shape index (κ3) is 25.4. The maximum absolute atomic E-state index is 13.7. The molecule has 0 spiro atoms. The van der Waals surface area contributed by atoms with Crippen LogP contribution in [-0.4, -0.2) is 157 Å². The molecular weight excluding hydrogens is 1050 g/mol. The number of aliphatic hydroxyl groups excluding tert-OH is 1. The Morgan fingerprint density at radius 2 is 1.00 bits per heavy atom. The number of ether oxygens (including phenoxy) is 1. The lowest BCUT2D eigenvalue weighted by Crippen LogP contribution is -2.57. The van der Waals surface area contributed by atoms with Crippen molar-refractivity contribution in [2.45, 2.75) is 122 Å². The van der Waals surface area contributed by atoms with E-state index in [-0.39, 0.29) is 31.6 Å². The molecular formula is C56H79N11O14. The summed E-state index contributed by atoms with van der Waals surface area (Å²) in [5.74, 6) is -8.88. The first-order valence-corrected chi connectivity index (χ1v) is 26.7. The molecule has 3 aromatic carbocycles. The van der Waals surface area contributed by atoms with Crippen molar-refractivity contribution in [2.24, 2.45) is 11.8 Å². The Balaban J connectivity index is 1.59. The number of amides is 10. The highest BCUT2D eigenvalue weighted by Crippen LogP contribution is 2.16. The van der Waals surface area contributed by atoms with Crippen molar-refractivity contribution in [2.75, 3.05) is 45.2 Å². The van der Waals surface area contributed by atoms with Crippen molar-refractivity contribution in [3.05, 3.63) is 96.1 Å². The van der Waals surface area contributed by atoms with Gasteiger partial charge in [-0.25, -0.2) is 4.79 Å². The summed E-state index contributed by atoms with van der Waals surface area (Å²) in [7, 11) is 1.56. The van der Waals surface area contributed by atoms with Crippen LogP contribution in [0.25, 0.3) is 0 Å². The Labute approximate surface area is 471 Å². The van der Waals surface area contributed by atoms with Gasteiger partial charge in [-0.3, -0.25) is 47.9 Å². The lowest BCUT2D eigenvalue weighted by atomic mass is 10.0. The van der Waals surface area contributed by atoms with Gasteiger partial charge in [0.05, 0.1) is 33.4 Å². The number of carbonyl (C=O) groups excluding carboxylic acids is 10. The first kappa shape index (κ1) is 66.7. The van der Waals surface area contributed by atoms with Gasteiger partial charge < -0.3 is 73.4 Å². The number of nitrogens with one attached hydrogen (secondary N) is 11. The molecule has 3 aromatic rings. The molecule has 25 heteroatoms. The standard InChI is InChI=1S/C56H79N11O14/c1-33(2)26-42(65-53(76)43(62-36(6)69)27-37-16-10-8-11-17-37)52(75)59-29-46(70)63-41(20-14-15-25-57-39-21-23-40(81-7)24-22-39)51(74)58-31-48(72)67-49(34(3)4)55(78)60-30-47(71)64-45(32-68)54(77)61-35(5)50(73)66-44(56(79)80)28-38-18-12-9-13-19-38/h8-13,16-19,21-24,33-35,41-45,49,57,68H,14-15,20,25-32H2,1-7H3,(H,58,74)(H,59,75)(H,60,78)(H,61,77)(H,62,69)(H,63,70)(H,64,71)(H,65,76)(H,66,73)(H,67,72)(H,79,80)/t35-,41-,42-,43-,44-,45-,49-/m0/s1. The Morgan fingerprint density at radius 1 is 0.506 bits per heavy atom. The molecule has 0 saturated carbocycles. The summed E-state index contributed by atoms with van der Waals surface area (Å²) in [6.45, 7) is 7.08. The first-order valence-electron chi connectivity index (χ1n) is 26.7. The van der Waals surface area contributed by atoms with Crippen molar-refractivity contribution in [3.8, 4) is 5.75 Å². The number of hydrogen-bond acceptors (Lipinski definition) is 14. The Hall–Kier alpha value is -8.61. The van der Waals surface area contributed by atoms with Crippen LogP contribution in [0.1, 0.15) is 78.4 Å². The van der Waals surface area contributed by atoms with E-state index < -0.39 is 139 Å². The van der Waals surface area contributed by atoms with Gasteiger partial charge in [0.25, 0.3) is 0 Å². The molecule has 0 aromatic heterocycles. The zero-order chi connectivity index (χ0) is 60.0. The number of carbonyl (C=O) groups is 11. The number of rotatable bonds is 35. The van der Waals surface area contributed by atoms with Gasteiger partial charge in [-0.2, -0.15) is 0 Å². The zero-order valence-corrected chi connectivity index (χ0v) is 46.9. The predicted molar refractivity (Wildman–Crippen MR) is 299 cm³/mol. The normalized spacial score (nSPS) is 13.5.